The van der Waals surface area contributed by atoms with Crippen LogP contribution in [-0.4, -0.2) is 48.7 Å². The number of anilines is 2. The molecule has 1 aromatic carbocycles. The van der Waals surface area contributed by atoms with Gasteiger partial charge in [0.2, 0.25) is 0 Å². The van der Waals surface area contributed by atoms with Gasteiger partial charge in [-0.2, -0.15) is 0 Å². The van der Waals surface area contributed by atoms with Crippen molar-refractivity contribution in [1.82, 2.24) is 4.90 Å². The molecule has 1 heterocycles. The molecule has 1 atom stereocenters. The van der Waals surface area contributed by atoms with Crippen LogP contribution in [0.15, 0.2) is 12.1 Å². The highest BCUT2D eigenvalue weighted by Crippen LogP contribution is 2.29. The number of likely N-dealkylation sites (N-methyl/N-ethyl adjacent to an activating group) is 1. The van der Waals surface area contributed by atoms with E-state index in [0.29, 0.717) is 17.4 Å². The van der Waals surface area contributed by atoms with Crippen molar-refractivity contribution in [3.8, 4) is 0 Å². The first-order valence-corrected chi connectivity index (χ1v) is 6.71. The van der Waals surface area contributed by atoms with Gasteiger partial charge >= 0.3 is 5.97 Å². The third-order valence-electron chi connectivity index (χ3n) is 3.94. The highest BCUT2D eigenvalue weighted by molar-refractivity contribution is 5.91. The molecule has 0 aliphatic carbocycles. The number of nitrogen functional groups attached to an aromatic ring is 1. The lowest BCUT2D eigenvalue weighted by atomic mass is 10.1. The minimum Gasteiger partial charge on any atom is -0.478 e. The molecule has 0 aromatic heterocycles. The van der Waals surface area contributed by atoms with Gasteiger partial charge in [-0.05, 0) is 19.5 Å². The van der Waals surface area contributed by atoms with E-state index in [1.165, 1.54) is 12.1 Å². The highest BCUT2D eigenvalue weighted by Gasteiger charge is 2.25. The van der Waals surface area contributed by atoms with E-state index < -0.39 is 11.8 Å². The van der Waals surface area contributed by atoms with E-state index in [9.17, 15) is 9.18 Å². The van der Waals surface area contributed by atoms with Crippen LogP contribution < -0.4 is 10.6 Å². The first kappa shape index (κ1) is 14.6. The van der Waals surface area contributed by atoms with Crippen LogP contribution in [0, 0.1) is 5.82 Å². The fourth-order valence-electron chi connectivity index (χ4n) is 2.62. The summed E-state index contributed by atoms with van der Waals surface area (Å²) in [6, 6.07) is 2.83. The molecule has 0 amide bonds. The van der Waals surface area contributed by atoms with Crippen LogP contribution >= 0.6 is 0 Å². The van der Waals surface area contributed by atoms with E-state index in [-0.39, 0.29) is 5.56 Å². The summed E-state index contributed by atoms with van der Waals surface area (Å²) in [4.78, 5) is 15.2. The number of benzene rings is 1. The minimum atomic E-state index is -1.30. The van der Waals surface area contributed by atoms with Gasteiger partial charge in [-0.25, -0.2) is 9.18 Å². The number of halogens is 1. The van der Waals surface area contributed by atoms with Gasteiger partial charge in [0.05, 0.1) is 16.9 Å². The summed E-state index contributed by atoms with van der Waals surface area (Å²) in [7, 11) is 2.07. The quantitative estimate of drug-likeness (QED) is 0.824. The Morgan fingerprint density at radius 3 is 2.80 bits per heavy atom. The maximum Gasteiger partial charge on any atom is 0.338 e. The molecule has 0 radical (unpaired) electrons. The zero-order valence-electron chi connectivity index (χ0n) is 11.8. The number of rotatable bonds is 3. The van der Waals surface area contributed by atoms with E-state index in [1.54, 1.807) is 0 Å². The van der Waals surface area contributed by atoms with Crippen LogP contribution in [0.1, 0.15) is 23.7 Å². The summed E-state index contributed by atoms with van der Waals surface area (Å²) in [5, 5.41) is 8.89. The van der Waals surface area contributed by atoms with Crippen LogP contribution in [0.3, 0.4) is 0 Å². The molecule has 0 saturated carbocycles. The molecule has 3 N–H and O–H groups in total. The number of carboxylic acid groups (broad SMARTS) is 1. The van der Waals surface area contributed by atoms with Gasteiger partial charge < -0.3 is 15.7 Å². The van der Waals surface area contributed by atoms with Gasteiger partial charge in [0, 0.05) is 31.7 Å². The maximum atomic E-state index is 13.8. The van der Waals surface area contributed by atoms with Crippen molar-refractivity contribution >= 4 is 17.3 Å². The summed E-state index contributed by atoms with van der Waals surface area (Å²) in [6.45, 7) is 4.51. The third kappa shape index (κ3) is 2.70. The number of hydrogen-bond donors (Lipinski definition) is 2. The van der Waals surface area contributed by atoms with E-state index in [2.05, 4.69) is 18.9 Å². The number of carboxylic acids is 1. The molecule has 0 spiro atoms. The summed E-state index contributed by atoms with van der Waals surface area (Å²) in [5.41, 5.74) is 6.40. The third-order valence-corrected chi connectivity index (χ3v) is 3.94. The van der Waals surface area contributed by atoms with Crippen molar-refractivity contribution in [2.24, 2.45) is 0 Å². The SMILES string of the molecule is CCC1CN(c2cc(F)c(C(=O)O)cc2N)CCN1C. The Balaban J connectivity index is 2.29. The molecular weight excluding hydrogens is 261 g/mol. The van der Waals surface area contributed by atoms with E-state index >= 15 is 0 Å². The molecule has 5 nitrogen and oxygen atoms in total. The normalized spacial score (nSPS) is 20.1. The number of aromatic carboxylic acids is 1. The van der Waals surface area contributed by atoms with Crippen LogP contribution in [0.4, 0.5) is 15.8 Å². The van der Waals surface area contributed by atoms with Crippen molar-refractivity contribution in [2.75, 3.05) is 37.3 Å². The molecule has 1 fully saturated rings. The molecule has 20 heavy (non-hydrogen) atoms. The fourth-order valence-corrected chi connectivity index (χ4v) is 2.62. The molecule has 110 valence electrons. The first-order chi connectivity index (χ1) is 9.43. The molecule has 6 heteroatoms. The van der Waals surface area contributed by atoms with E-state index in [0.717, 1.165) is 26.1 Å². The van der Waals surface area contributed by atoms with Gasteiger partial charge in [-0.1, -0.05) is 6.92 Å². The largest absolute Gasteiger partial charge is 0.478 e. The number of piperazine rings is 1. The molecule has 1 aromatic rings. The number of hydrogen-bond acceptors (Lipinski definition) is 4. The van der Waals surface area contributed by atoms with Gasteiger partial charge in [0.1, 0.15) is 5.82 Å². The highest BCUT2D eigenvalue weighted by atomic mass is 19.1. The lowest BCUT2D eigenvalue weighted by Crippen LogP contribution is -2.51. The topological polar surface area (TPSA) is 69.8 Å². The lowest BCUT2D eigenvalue weighted by molar-refractivity contribution is 0.0692. The predicted octanol–water partition coefficient (Wildman–Crippen LogP) is 1.64. The molecule has 1 saturated heterocycles. The zero-order valence-corrected chi connectivity index (χ0v) is 11.8. The summed E-state index contributed by atoms with van der Waals surface area (Å²) < 4.78 is 13.8. The van der Waals surface area contributed by atoms with Crippen LogP contribution in [-0.2, 0) is 0 Å². The molecule has 2 rings (SSSR count). The molecule has 1 unspecified atom stereocenters. The van der Waals surface area contributed by atoms with Gasteiger partial charge in [-0.15, -0.1) is 0 Å². The van der Waals surface area contributed by atoms with Crippen molar-refractivity contribution in [3.63, 3.8) is 0 Å². The average molecular weight is 281 g/mol. The summed E-state index contributed by atoms with van der Waals surface area (Å²) in [6.07, 6.45) is 1.00. The summed E-state index contributed by atoms with van der Waals surface area (Å²) in [5.74, 6) is -2.04. The maximum absolute atomic E-state index is 13.8. The number of carbonyl (C=O) groups is 1. The Bertz CT molecular complexity index is 521. The molecule has 1 aliphatic heterocycles. The Morgan fingerprint density at radius 2 is 2.20 bits per heavy atom. The van der Waals surface area contributed by atoms with E-state index in [1.807, 2.05) is 4.90 Å². The van der Waals surface area contributed by atoms with Crippen molar-refractivity contribution in [2.45, 2.75) is 19.4 Å². The predicted molar refractivity (Wildman–Crippen MR) is 76.7 cm³/mol. The second-order valence-corrected chi connectivity index (χ2v) is 5.18. The zero-order chi connectivity index (χ0) is 14.9. The first-order valence-electron chi connectivity index (χ1n) is 6.71. The van der Waals surface area contributed by atoms with Crippen molar-refractivity contribution < 1.29 is 14.3 Å². The molecular formula is C14H20FN3O2. The Morgan fingerprint density at radius 1 is 1.50 bits per heavy atom. The fraction of sp³-hybridized carbons (Fsp3) is 0.500. The summed E-state index contributed by atoms with van der Waals surface area (Å²) >= 11 is 0. The molecule has 1 aliphatic rings. The van der Waals surface area contributed by atoms with Crippen molar-refractivity contribution in [3.05, 3.63) is 23.5 Å². The van der Waals surface area contributed by atoms with Crippen molar-refractivity contribution in [1.29, 1.82) is 0 Å². The average Bonchev–Trinajstić information content (AvgIpc) is 2.41. The standard InChI is InChI=1S/C14H20FN3O2/c1-3-9-8-18(5-4-17(9)2)13-7-11(15)10(14(19)20)6-12(13)16/h6-7,9H,3-5,8,16H2,1-2H3,(H,19,20). The van der Waals surface area contributed by atoms with Gasteiger partial charge in [0.15, 0.2) is 0 Å². The second-order valence-electron chi connectivity index (χ2n) is 5.18. The smallest absolute Gasteiger partial charge is 0.338 e. The molecule has 0 bridgehead atoms. The Hall–Kier alpha value is -1.82. The van der Waals surface area contributed by atoms with Crippen LogP contribution in [0.25, 0.3) is 0 Å². The monoisotopic (exact) mass is 281 g/mol. The Kier molecular flexibility index (Phi) is 4.13. The van der Waals surface area contributed by atoms with E-state index in [4.69, 9.17) is 10.8 Å². The van der Waals surface area contributed by atoms with Gasteiger partial charge in [0.25, 0.3) is 0 Å². The minimum absolute atomic E-state index is 0.309. The number of nitrogens with zero attached hydrogens (tertiary/aromatic N) is 2. The van der Waals surface area contributed by atoms with Gasteiger partial charge in [-0.3, -0.25) is 4.90 Å². The number of nitrogens with two attached hydrogens (primary N) is 1. The lowest BCUT2D eigenvalue weighted by Gasteiger charge is -2.40. The van der Waals surface area contributed by atoms with Crippen LogP contribution in [0.2, 0.25) is 0 Å². The van der Waals surface area contributed by atoms with Crippen LogP contribution in [0.5, 0.6) is 0 Å². The second kappa shape index (κ2) is 5.66. The Labute approximate surface area is 117 Å².